The minimum atomic E-state index is -1.25. The summed E-state index contributed by atoms with van der Waals surface area (Å²) in [6.45, 7) is 9.41. The maximum Gasteiger partial charge on any atom is 0.208 e. The van der Waals surface area contributed by atoms with Crippen LogP contribution in [-0.4, -0.2) is 16.5 Å². The Morgan fingerprint density at radius 2 is 2.17 bits per heavy atom. The topological polar surface area (TPSA) is 29.5 Å². The number of hydrogen-bond acceptors (Lipinski definition) is 2. The second-order valence-electron chi connectivity index (χ2n) is 3.58. The summed E-state index contributed by atoms with van der Waals surface area (Å²) >= 11 is 0. The summed E-state index contributed by atoms with van der Waals surface area (Å²) in [5.41, 5.74) is 0.282. The van der Waals surface area contributed by atoms with E-state index < -0.39 is 5.79 Å². The third-order valence-corrected chi connectivity index (χ3v) is 2.36. The standard InChI is InChI=1S/C10H16O2/c1-5-9(4)6-7-10(11,12-9)8(2)3/h6-7,11H,2,5H2,1,3-4H3. The molecule has 1 heterocycles. The average molecular weight is 168 g/mol. The van der Waals surface area contributed by atoms with Gasteiger partial charge in [0.25, 0.3) is 0 Å². The monoisotopic (exact) mass is 168 g/mol. The number of hydrogen-bond donors (Lipinski definition) is 1. The molecule has 2 nitrogen and oxygen atoms in total. The molecule has 0 saturated heterocycles. The molecule has 0 spiro atoms. The van der Waals surface area contributed by atoms with Crippen molar-refractivity contribution in [2.75, 3.05) is 0 Å². The van der Waals surface area contributed by atoms with E-state index >= 15 is 0 Å². The van der Waals surface area contributed by atoms with Crippen molar-refractivity contribution in [3.8, 4) is 0 Å². The fraction of sp³-hybridized carbons (Fsp3) is 0.600. The van der Waals surface area contributed by atoms with E-state index in [2.05, 4.69) is 6.58 Å². The highest BCUT2D eigenvalue weighted by atomic mass is 16.6. The Hall–Kier alpha value is -0.600. The Bertz CT molecular complexity index is 232. The molecular formula is C10H16O2. The SMILES string of the molecule is C=C(C)C1(O)C=CC(C)(CC)O1. The highest BCUT2D eigenvalue weighted by Gasteiger charge is 2.39. The van der Waals surface area contributed by atoms with Gasteiger partial charge in [0.05, 0.1) is 5.60 Å². The molecule has 68 valence electrons. The molecule has 1 aliphatic heterocycles. The van der Waals surface area contributed by atoms with Crippen LogP contribution < -0.4 is 0 Å². The van der Waals surface area contributed by atoms with E-state index in [1.807, 2.05) is 19.9 Å². The third kappa shape index (κ3) is 1.45. The van der Waals surface area contributed by atoms with Crippen LogP contribution in [0, 0.1) is 0 Å². The van der Waals surface area contributed by atoms with E-state index in [1.165, 1.54) is 0 Å². The van der Waals surface area contributed by atoms with Crippen molar-refractivity contribution < 1.29 is 9.84 Å². The molecule has 2 heteroatoms. The lowest BCUT2D eigenvalue weighted by Gasteiger charge is -2.28. The molecule has 0 amide bonds. The molecule has 0 bridgehead atoms. The number of ether oxygens (including phenoxy) is 1. The fourth-order valence-corrected chi connectivity index (χ4v) is 1.13. The third-order valence-electron chi connectivity index (χ3n) is 2.36. The van der Waals surface area contributed by atoms with Gasteiger partial charge in [-0.1, -0.05) is 19.6 Å². The van der Waals surface area contributed by atoms with Crippen LogP contribution in [0.4, 0.5) is 0 Å². The van der Waals surface area contributed by atoms with Crippen LogP contribution in [0.5, 0.6) is 0 Å². The second-order valence-corrected chi connectivity index (χ2v) is 3.58. The lowest BCUT2D eigenvalue weighted by atomic mass is 10.1. The molecular weight excluding hydrogens is 152 g/mol. The lowest BCUT2D eigenvalue weighted by Crippen LogP contribution is -2.35. The number of rotatable bonds is 2. The fourth-order valence-electron chi connectivity index (χ4n) is 1.13. The minimum absolute atomic E-state index is 0.340. The van der Waals surface area contributed by atoms with E-state index in [9.17, 15) is 5.11 Å². The first kappa shape index (κ1) is 9.49. The van der Waals surface area contributed by atoms with Crippen molar-refractivity contribution >= 4 is 0 Å². The molecule has 2 unspecified atom stereocenters. The lowest BCUT2D eigenvalue weighted by molar-refractivity contribution is -0.178. The maximum absolute atomic E-state index is 9.83. The number of aliphatic hydroxyl groups is 1. The predicted molar refractivity (Wildman–Crippen MR) is 48.7 cm³/mol. The van der Waals surface area contributed by atoms with Gasteiger partial charge in [0.2, 0.25) is 5.79 Å². The van der Waals surface area contributed by atoms with Crippen molar-refractivity contribution in [3.05, 3.63) is 24.3 Å². The first-order valence-electron chi connectivity index (χ1n) is 4.21. The van der Waals surface area contributed by atoms with E-state index in [0.717, 1.165) is 6.42 Å². The van der Waals surface area contributed by atoms with Gasteiger partial charge in [-0.05, 0) is 31.9 Å². The van der Waals surface area contributed by atoms with Gasteiger partial charge in [0.15, 0.2) is 0 Å². The van der Waals surface area contributed by atoms with Gasteiger partial charge in [-0.25, -0.2) is 0 Å². The van der Waals surface area contributed by atoms with Crippen molar-refractivity contribution in [1.29, 1.82) is 0 Å². The molecule has 2 atom stereocenters. The molecule has 0 aromatic rings. The zero-order valence-corrected chi connectivity index (χ0v) is 7.92. The van der Waals surface area contributed by atoms with Crippen molar-refractivity contribution in [3.63, 3.8) is 0 Å². The molecule has 0 aliphatic carbocycles. The summed E-state index contributed by atoms with van der Waals surface area (Å²) in [6.07, 6.45) is 4.40. The predicted octanol–water partition coefficient (Wildman–Crippen LogP) is 2.01. The second kappa shape index (κ2) is 2.71. The molecule has 0 fully saturated rings. The normalized spacial score (nSPS) is 40.3. The first-order chi connectivity index (χ1) is 5.42. The molecule has 0 aromatic carbocycles. The largest absolute Gasteiger partial charge is 0.359 e. The van der Waals surface area contributed by atoms with Crippen LogP contribution >= 0.6 is 0 Å². The van der Waals surface area contributed by atoms with E-state index in [-0.39, 0.29) is 5.60 Å². The Morgan fingerprint density at radius 1 is 1.58 bits per heavy atom. The van der Waals surface area contributed by atoms with Crippen LogP contribution in [-0.2, 0) is 4.74 Å². The minimum Gasteiger partial charge on any atom is -0.359 e. The summed E-state index contributed by atoms with van der Waals surface area (Å²) in [7, 11) is 0. The van der Waals surface area contributed by atoms with Crippen LogP contribution in [0.1, 0.15) is 27.2 Å². The first-order valence-corrected chi connectivity index (χ1v) is 4.21. The molecule has 0 saturated carbocycles. The van der Waals surface area contributed by atoms with Gasteiger partial charge in [0.1, 0.15) is 0 Å². The van der Waals surface area contributed by atoms with Crippen LogP contribution in [0.15, 0.2) is 24.3 Å². The molecule has 12 heavy (non-hydrogen) atoms. The summed E-state index contributed by atoms with van der Waals surface area (Å²) in [6, 6.07) is 0. The Morgan fingerprint density at radius 3 is 2.42 bits per heavy atom. The molecule has 1 N–H and O–H groups in total. The summed E-state index contributed by atoms with van der Waals surface area (Å²) in [4.78, 5) is 0. The highest BCUT2D eigenvalue weighted by molar-refractivity contribution is 5.23. The van der Waals surface area contributed by atoms with Gasteiger partial charge < -0.3 is 9.84 Å². The Labute approximate surface area is 73.5 Å². The van der Waals surface area contributed by atoms with E-state index in [1.54, 1.807) is 13.0 Å². The summed E-state index contributed by atoms with van der Waals surface area (Å²) in [5, 5.41) is 9.83. The van der Waals surface area contributed by atoms with Gasteiger partial charge in [0, 0.05) is 0 Å². The van der Waals surface area contributed by atoms with Gasteiger partial charge >= 0.3 is 0 Å². The van der Waals surface area contributed by atoms with Crippen LogP contribution in [0.2, 0.25) is 0 Å². The van der Waals surface area contributed by atoms with Crippen molar-refractivity contribution in [1.82, 2.24) is 0 Å². The summed E-state index contributed by atoms with van der Waals surface area (Å²) < 4.78 is 5.49. The van der Waals surface area contributed by atoms with E-state index in [4.69, 9.17) is 4.74 Å². The van der Waals surface area contributed by atoms with Crippen LogP contribution in [0.3, 0.4) is 0 Å². The Kier molecular flexibility index (Phi) is 2.15. The van der Waals surface area contributed by atoms with Gasteiger partial charge in [-0.2, -0.15) is 0 Å². The zero-order valence-electron chi connectivity index (χ0n) is 7.92. The molecule has 1 aliphatic rings. The average Bonchev–Trinajstić information content (AvgIpc) is 2.30. The zero-order chi connectivity index (χ0) is 9.41. The highest BCUT2D eigenvalue weighted by Crippen LogP contribution is 2.35. The van der Waals surface area contributed by atoms with E-state index in [0.29, 0.717) is 5.57 Å². The van der Waals surface area contributed by atoms with Crippen LogP contribution in [0.25, 0.3) is 0 Å². The smallest absolute Gasteiger partial charge is 0.208 e. The van der Waals surface area contributed by atoms with Crippen molar-refractivity contribution in [2.45, 2.75) is 38.6 Å². The van der Waals surface area contributed by atoms with Gasteiger partial charge in [-0.3, -0.25) is 0 Å². The summed E-state index contributed by atoms with van der Waals surface area (Å²) in [5.74, 6) is -1.25. The van der Waals surface area contributed by atoms with Crippen molar-refractivity contribution in [2.24, 2.45) is 0 Å². The Balaban J connectivity index is 2.82. The molecule has 1 rings (SSSR count). The quantitative estimate of drug-likeness (QED) is 0.639. The molecule has 0 aromatic heterocycles. The molecule has 0 radical (unpaired) electrons. The maximum atomic E-state index is 9.83. The van der Waals surface area contributed by atoms with Gasteiger partial charge in [-0.15, -0.1) is 0 Å².